The lowest BCUT2D eigenvalue weighted by atomic mass is 10.0. The number of ether oxygens (including phenoxy) is 2. The van der Waals surface area contributed by atoms with Crippen molar-refractivity contribution < 1.29 is 66.3 Å². The Bertz CT molecular complexity index is 1310. The van der Waals surface area contributed by atoms with E-state index in [-0.39, 0.29) is 31.5 Å². The number of ketones is 1. The molecule has 1 unspecified atom stereocenters. The Balaban J connectivity index is 4.73. The van der Waals surface area contributed by atoms with Gasteiger partial charge in [-0.15, -0.1) is 0 Å². The van der Waals surface area contributed by atoms with E-state index in [0.29, 0.717) is 6.42 Å². The number of hydrogen-bond acceptors (Lipinski definition) is 11. The second-order valence-electron chi connectivity index (χ2n) is 15.1. The number of carbonyl (C=O) groups is 3. The zero-order valence-corrected chi connectivity index (χ0v) is 37.8. The van der Waals surface area contributed by atoms with Gasteiger partial charge in [0.15, 0.2) is 11.9 Å². The number of unbranched alkanes of at least 4 members (excludes halogenated alkanes) is 13. The largest absolute Gasteiger partial charge is 0.472 e. The van der Waals surface area contributed by atoms with Crippen molar-refractivity contribution in [2.75, 3.05) is 26.4 Å². The van der Waals surface area contributed by atoms with Crippen LogP contribution >= 0.6 is 15.6 Å². The Morgan fingerprint density at radius 1 is 0.593 bits per heavy atom. The van der Waals surface area contributed by atoms with Gasteiger partial charge in [0, 0.05) is 19.3 Å². The van der Waals surface area contributed by atoms with Crippen molar-refractivity contribution in [1.29, 1.82) is 0 Å². The molecule has 0 rings (SSSR count). The predicted molar refractivity (Wildman–Crippen MR) is 230 cm³/mol. The fourth-order valence-corrected chi connectivity index (χ4v) is 6.70. The van der Waals surface area contributed by atoms with Gasteiger partial charge in [0.05, 0.1) is 19.8 Å². The van der Waals surface area contributed by atoms with Crippen LogP contribution in [0.3, 0.4) is 0 Å². The lowest BCUT2D eigenvalue weighted by Crippen LogP contribution is -2.30. The SMILES string of the molecule is CCCCC/C=C\C/C=C\C/C=C\C=C\C(=O)CCCC(=O)O[C@H](COC(=O)CCCCCCCCCCCCCC(C)C)COP(=O)(O)OC[C@@H](O)COP(=O)(O)O. The summed E-state index contributed by atoms with van der Waals surface area (Å²) >= 11 is 0. The molecule has 0 saturated heterocycles. The quantitative estimate of drug-likeness (QED) is 0.0113. The van der Waals surface area contributed by atoms with E-state index in [0.717, 1.165) is 44.4 Å². The van der Waals surface area contributed by atoms with E-state index in [9.17, 15) is 33.5 Å². The van der Waals surface area contributed by atoms with Crippen LogP contribution in [0.4, 0.5) is 0 Å². The Hall–Kier alpha value is -2.25. The molecule has 0 spiro atoms. The fourth-order valence-electron chi connectivity index (χ4n) is 5.54. The Morgan fingerprint density at radius 2 is 1.15 bits per heavy atom. The number of phosphoric acid groups is 2. The molecule has 14 nitrogen and oxygen atoms in total. The summed E-state index contributed by atoms with van der Waals surface area (Å²) in [7, 11) is -9.76. The maximum Gasteiger partial charge on any atom is 0.472 e. The zero-order valence-electron chi connectivity index (χ0n) is 36.0. The summed E-state index contributed by atoms with van der Waals surface area (Å²) in [5.74, 6) is -0.698. The highest BCUT2D eigenvalue weighted by Gasteiger charge is 2.28. The molecule has 0 radical (unpaired) electrons. The van der Waals surface area contributed by atoms with Crippen LogP contribution in [-0.4, -0.2) is 76.1 Å². The number of phosphoric ester groups is 2. The monoisotopic (exact) mass is 878 g/mol. The van der Waals surface area contributed by atoms with Crippen molar-refractivity contribution in [3.05, 3.63) is 48.6 Å². The first kappa shape index (κ1) is 56.8. The van der Waals surface area contributed by atoms with Gasteiger partial charge < -0.3 is 29.3 Å². The van der Waals surface area contributed by atoms with Crippen LogP contribution in [0.25, 0.3) is 0 Å². The molecule has 4 N–H and O–H groups in total. The van der Waals surface area contributed by atoms with Crippen molar-refractivity contribution >= 4 is 33.4 Å². The molecule has 342 valence electrons. The van der Waals surface area contributed by atoms with Gasteiger partial charge in [-0.2, -0.15) is 0 Å². The van der Waals surface area contributed by atoms with E-state index in [1.54, 1.807) is 12.2 Å². The highest BCUT2D eigenvalue weighted by molar-refractivity contribution is 7.47. The summed E-state index contributed by atoms with van der Waals surface area (Å²) in [5, 5.41) is 9.73. The summed E-state index contributed by atoms with van der Waals surface area (Å²) in [6.07, 6.45) is 32.7. The van der Waals surface area contributed by atoms with Crippen LogP contribution in [0, 0.1) is 5.92 Å². The number of allylic oxidation sites excluding steroid dienone is 8. The molecular formula is C43H76O14P2. The third kappa shape index (κ3) is 42.2. The molecule has 59 heavy (non-hydrogen) atoms. The van der Waals surface area contributed by atoms with Gasteiger partial charge in [-0.05, 0) is 50.5 Å². The Kier molecular flexibility index (Phi) is 36.1. The number of carbonyl (C=O) groups excluding carboxylic acids is 3. The molecule has 0 heterocycles. The topological polar surface area (TPSA) is 212 Å². The number of esters is 2. The number of aliphatic hydroxyl groups is 1. The second kappa shape index (κ2) is 37.5. The van der Waals surface area contributed by atoms with Gasteiger partial charge in [-0.25, -0.2) is 9.13 Å². The van der Waals surface area contributed by atoms with Crippen molar-refractivity contribution in [3.63, 3.8) is 0 Å². The van der Waals surface area contributed by atoms with Crippen molar-refractivity contribution in [1.82, 2.24) is 0 Å². The average Bonchev–Trinajstić information content (AvgIpc) is 3.17. The average molecular weight is 879 g/mol. The molecule has 16 heteroatoms. The molecule has 0 aliphatic heterocycles. The predicted octanol–water partition coefficient (Wildman–Crippen LogP) is 10.1. The standard InChI is InChI=1S/C43H76O14P2/c1-4-5-6-7-8-9-10-11-14-17-20-23-26-30-39(44)31-28-33-43(47)57-41(37-56-59(51,52)55-35-40(45)34-54-58(48,49)50)36-53-42(46)32-27-24-21-18-15-12-13-16-19-22-25-29-38(2)3/h8-9,11,14,20,23,26,30,38,40-41,45H,4-7,10,12-13,15-19,21-22,24-25,27-29,31-37H2,1-3H3,(H,51,52)(H2,48,49,50)/b9-8-,14-11-,23-20-,30-26+/t40-,41+/m0/s1. The summed E-state index contributed by atoms with van der Waals surface area (Å²) < 4.78 is 47.5. The molecule has 0 saturated carbocycles. The Labute approximate surface area is 354 Å². The molecule has 3 atom stereocenters. The molecule has 0 aromatic carbocycles. The van der Waals surface area contributed by atoms with Crippen LogP contribution in [-0.2, 0) is 46.6 Å². The molecule has 0 bridgehead atoms. The highest BCUT2D eigenvalue weighted by Crippen LogP contribution is 2.43. The van der Waals surface area contributed by atoms with Gasteiger partial charge in [0.2, 0.25) is 0 Å². The van der Waals surface area contributed by atoms with Crippen LogP contribution in [0.1, 0.15) is 162 Å². The molecule has 0 fully saturated rings. The minimum atomic E-state index is -4.89. The smallest absolute Gasteiger partial charge is 0.462 e. The molecule has 0 aromatic rings. The van der Waals surface area contributed by atoms with Gasteiger partial charge in [-0.3, -0.25) is 28.0 Å². The molecule has 0 amide bonds. The van der Waals surface area contributed by atoms with E-state index in [1.807, 2.05) is 6.08 Å². The minimum absolute atomic E-state index is 0.0758. The van der Waals surface area contributed by atoms with Gasteiger partial charge in [-0.1, -0.05) is 147 Å². The lowest BCUT2D eigenvalue weighted by molar-refractivity contribution is -0.161. The second-order valence-corrected chi connectivity index (χ2v) is 17.8. The van der Waals surface area contributed by atoms with Crippen molar-refractivity contribution in [2.45, 2.75) is 174 Å². The first-order chi connectivity index (χ1) is 28.1. The molecule has 0 aromatic heterocycles. The summed E-state index contributed by atoms with van der Waals surface area (Å²) in [4.78, 5) is 64.9. The molecular weight excluding hydrogens is 802 g/mol. The normalized spacial score (nSPS) is 14.5. The van der Waals surface area contributed by atoms with Crippen LogP contribution in [0.2, 0.25) is 0 Å². The maximum absolute atomic E-state index is 12.6. The van der Waals surface area contributed by atoms with Gasteiger partial charge in [0.1, 0.15) is 12.7 Å². The van der Waals surface area contributed by atoms with Crippen LogP contribution < -0.4 is 0 Å². The third-order valence-corrected chi connectivity index (χ3v) is 10.3. The van der Waals surface area contributed by atoms with Crippen molar-refractivity contribution in [2.24, 2.45) is 5.92 Å². The highest BCUT2D eigenvalue weighted by atomic mass is 31.2. The Morgan fingerprint density at radius 3 is 1.78 bits per heavy atom. The van der Waals surface area contributed by atoms with Crippen molar-refractivity contribution in [3.8, 4) is 0 Å². The minimum Gasteiger partial charge on any atom is -0.462 e. The number of hydrogen-bond donors (Lipinski definition) is 4. The summed E-state index contributed by atoms with van der Waals surface area (Å²) in [5.41, 5.74) is 0. The number of aliphatic hydroxyl groups excluding tert-OH is 1. The van der Waals surface area contributed by atoms with Gasteiger partial charge in [0.25, 0.3) is 0 Å². The van der Waals surface area contributed by atoms with Crippen LogP contribution in [0.15, 0.2) is 48.6 Å². The van der Waals surface area contributed by atoms with E-state index in [4.69, 9.17) is 23.8 Å². The summed E-state index contributed by atoms with van der Waals surface area (Å²) in [6, 6.07) is 0. The maximum atomic E-state index is 12.6. The molecule has 0 aliphatic rings. The van der Waals surface area contributed by atoms with E-state index in [1.165, 1.54) is 76.7 Å². The lowest BCUT2D eigenvalue weighted by Gasteiger charge is -2.20. The fraction of sp³-hybridized carbons (Fsp3) is 0.744. The summed E-state index contributed by atoms with van der Waals surface area (Å²) in [6.45, 7) is 3.75. The first-order valence-electron chi connectivity index (χ1n) is 21.6. The zero-order chi connectivity index (χ0) is 44.0. The third-order valence-electron chi connectivity index (χ3n) is 8.86. The van der Waals surface area contributed by atoms with Crippen LogP contribution in [0.5, 0.6) is 0 Å². The molecule has 0 aliphatic carbocycles. The number of rotatable bonds is 40. The van der Waals surface area contributed by atoms with E-state index in [2.05, 4.69) is 54.1 Å². The van der Waals surface area contributed by atoms with E-state index >= 15 is 0 Å². The first-order valence-corrected chi connectivity index (χ1v) is 24.7. The van der Waals surface area contributed by atoms with Gasteiger partial charge >= 0.3 is 27.6 Å². The van der Waals surface area contributed by atoms with E-state index < -0.39 is 66.2 Å².